The molecule has 4 aromatic rings. The summed E-state index contributed by atoms with van der Waals surface area (Å²) >= 11 is 12.7. The fraction of sp³-hybridized carbons (Fsp3) is 0.387. The van der Waals surface area contributed by atoms with Crippen LogP contribution in [0.5, 0.6) is 0 Å². The number of pyridine rings is 1. The van der Waals surface area contributed by atoms with Crippen molar-refractivity contribution in [1.29, 1.82) is 0 Å². The van der Waals surface area contributed by atoms with Gasteiger partial charge in [0.05, 0.1) is 30.4 Å². The van der Waals surface area contributed by atoms with Gasteiger partial charge in [-0.05, 0) is 33.1 Å². The molecule has 10 heteroatoms. The number of hydrogen-bond donors (Lipinski definition) is 0. The van der Waals surface area contributed by atoms with Crippen LogP contribution in [0.25, 0.3) is 11.0 Å². The van der Waals surface area contributed by atoms with Gasteiger partial charge in [-0.3, -0.25) is 4.90 Å². The molecule has 0 bridgehead atoms. The van der Waals surface area contributed by atoms with Crippen molar-refractivity contribution in [2.75, 3.05) is 44.3 Å². The molecule has 2 fully saturated rings. The number of rotatable bonds is 6. The van der Waals surface area contributed by atoms with Crippen molar-refractivity contribution in [2.24, 2.45) is 0 Å². The van der Waals surface area contributed by atoms with E-state index >= 15 is 0 Å². The minimum absolute atomic E-state index is 0.0333. The third-order valence-corrected chi connectivity index (χ3v) is 13.8. The zero-order chi connectivity index (χ0) is 28.6. The normalized spacial score (nSPS) is 20.6. The first kappa shape index (κ1) is 28.5. The van der Waals surface area contributed by atoms with Crippen molar-refractivity contribution in [3.63, 3.8) is 0 Å². The van der Waals surface area contributed by atoms with E-state index in [1.165, 1.54) is 10.4 Å². The second-order valence-electron chi connectivity index (χ2n) is 11.8. The molecule has 2 aliphatic heterocycles. The van der Waals surface area contributed by atoms with E-state index in [0.29, 0.717) is 23.9 Å². The molecule has 0 amide bonds. The van der Waals surface area contributed by atoms with E-state index in [1.807, 2.05) is 6.07 Å². The highest BCUT2D eigenvalue weighted by atomic mass is 35.5. The summed E-state index contributed by atoms with van der Waals surface area (Å²) in [6.45, 7) is 11.5. The largest absolute Gasteiger partial charge is 0.400 e. The standard InChI is InChI=1S/C31H35Cl2N5O2Si/c1-31(2,3)41(23-10-6-4-7-11-23,24-12-8-5-9-13-24)40-27-21-39-20-26(27)37-14-16-38(17-15-37)29-25(32)18-22-19-34-30(33)36-28(22)35-29/h4-13,18-19,26-27H,14-17,20-21H2,1-3H3. The predicted octanol–water partition coefficient (Wildman–Crippen LogP) is 4.80. The fourth-order valence-electron chi connectivity index (χ4n) is 6.29. The number of halogens is 2. The van der Waals surface area contributed by atoms with Gasteiger partial charge in [-0.15, -0.1) is 0 Å². The Kier molecular flexibility index (Phi) is 8.06. The van der Waals surface area contributed by atoms with E-state index in [0.717, 1.165) is 37.4 Å². The summed E-state index contributed by atoms with van der Waals surface area (Å²) in [7, 11) is -2.69. The number of hydrogen-bond acceptors (Lipinski definition) is 7. The Morgan fingerprint density at radius 2 is 1.51 bits per heavy atom. The minimum Gasteiger partial charge on any atom is -0.400 e. The van der Waals surface area contributed by atoms with Gasteiger partial charge in [0.1, 0.15) is 5.82 Å². The van der Waals surface area contributed by atoms with Crippen molar-refractivity contribution in [2.45, 2.75) is 38.0 Å². The number of nitrogens with zero attached hydrogens (tertiary/aromatic N) is 5. The Labute approximate surface area is 252 Å². The fourth-order valence-corrected chi connectivity index (χ4v) is 11.4. The van der Waals surface area contributed by atoms with Crippen LogP contribution in [-0.2, 0) is 9.16 Å². The van der Waals surface area contributed by atoms with Gasteiger partial charge in [0.25, 0.3) is 8.32 Å². The Bertz CT molecular complexity index is 1460. The summed E-state index contributed by atoms with van der Waals surface area (Å²) in [5.41, 5.74) is 0.551. The summed E-state index contributed by atoms with van der Waals surface area (Å²) in [6.07, 6.45) is 1.62. The van der Waals surface area contributed by atoms with E-state index in [-0.39, 0.29) is 22.5 Å². The molecule has 0 spiro atoms. The molecule has 0 aliphatic carbocycles. The number of fused-ring (bicyclic) bond motifs is 1. The highest BCUT2D eigenvalue weighted by Crippen LogP contribution is 2.39. The highest BCUT2D eigenvalue weighted by Gasteiger charge is 2.53. The van der Waals surface area contributed by atoms with Crippen molar-refractivity contribution < 1.29 is 9.16 Å². The Balaban J connectivity index is 1.25. The zero-order valence-corrected chi connectivity index (χ0v) is 26.1. The summed E-state index contributed by atoms with van der Waals surface area (Å²) in [5.74, 6) is 0.733. The first-order valence-corrected chi connectivity index (χ1v) is 16.8. The predicted molar refractivity (Wildman–Crippen MR) is 168 cm³/mol. The molecule has 0 N–H and O–H groups in total. The van der Waals surface area contributed by atoms with Crippen LogP contribution in [-0.4, -0.2) is 79.7 Å². The molecule has 0 saturated carbocycles. The molecule has 2 saturated heterocycles. The van der Waals surface area contributed by atoms with Crippen molar-refractivity contribution in [1.82, 2.24) is 19.9 Å². The van der Waals surface area contributed by atoms with Crippen LogP contribution in [0, 0.1) is 0 Å². The molecule has 2 aromatic heterocycles. The van der Waals surface area contributed by atoms with E-state index in [1.54, 1.807) is 6.20 Å². The van der Waals surface area contributed by atoms with Crippen LogP contribution in [0.3, 0.4) is 0 Å². The lowest BCUT2D eigenvalue weighted by atomic mass is 10.1. The van der Waals surface area contributed by atoms with Gasteiger partial charge in [-0.1, -0.05) is 93.0 Å². The van der Waals surface area contributed by atoms with E-state index < -0.39 is 8.32 Å². The second-order valence-corrected chi connectivity index (χ2v) is 16.8. The van der Waals surface area contributed by atoms with E-state index in [2.05, 4.69) is 101 Å². The van der Waals surface area contributed by atoms with Crippen LogP contribution in [0.2, 0.25) is 15.3 Å². The van der Waals surface area contributed by atoms with Gasteiger partial charge in [0, 0.05) is 37.8 Å². The van der Waals surface area contributed by atoms with Gasteiger partial charge < -0.3 is 14.1 Å². The van der Waals surface area contributed by atoms with Gasteiger partial charge in [-0.25, -0.2) is 9.97 Å². The monoisotopic (exact) mass is 607 g/mol. The van der Waals surface area contributed by atoms with Crippen LogP contribution >= 0.6 is 23.2 Å². The minimum atomic E-state index is -2.69. The lowest BCUT2D eigenvalue weighted by molar-refractivity contribution is 0.0882. The first-order chi connectivity index (χ1) is 19.8. The molecule has 214 valence electrons. The summed E-state index contributed by atoms with van der Waals surface area (Å²) in [6, 6.07) is 23.7. The molecule has 0 radical (unpaired) electrons. The average Bonchev–Trinajstić information content (AvgIpc) is 3.44. The second kappa shape index (κ2) is 11.6. The SMILES string of the molecule is CC(C)(C)[Si](OC1COCC1N1CCN(c2nc3nc(Cl)ncc3cc2Cl)CC1)(c1ccccc1)c1ccccc1. The lowest BCUT2D eigenvalue weighted by Crippen LogP contribution is -2.69. The molecule has 2 unspecified atom stereocenters. The van der Waals surface area contributed by atoms with Crippen LogP contribution in [0.15, 0.2) is 72.9 Å². The zero-order valence-electron chi connectivity index (χ0n) is 23.6. The summed E-state index contributed by atoms with van der Waals surface area (Å²) < 4.78 is 13.6. The summed E-state index contributed by atoms with van der Waals surface area (Å²) in [4.78, 5) is 17.8. The number of anilines is 1. The van der Waals surface area contributed by atoms with Crippen molar-refractivity contribution in [3.8, 4) is 0 Å². The molecule has 2 aliphatic rings. The van der Waals surface area contributed by atoms with Gasteiger partial charge in [0.15, 0.2) is 5.65 Å². The Morgan fingerprint density at radius 1 is 0.878 bits per heavy atom. The Morgan fingerprint density at radius 3 is 2.12 bits per heavy atom. The maximum absolute atomic E-state index is 7.49. The van der Waals surface area contributed by atoms with Gasteiger partial charge in [-0.2, -0.15) is 4.98 Å². The van der Waals surface area contributed by atoms with E-state index in [4.69, 9.17) is 37.3 Å². The third kappa shape index (κ3) is 5.49. The number of benzene rings is 2. The molecule has 2 atom stereocenters. The maximum atomic E-state index is 7.49. The first-order valence-electron chi connectivity index (χ1n) is 14.1. The quantitative estimate of drug-likeness (QED) is 0.230. The number of ether oxygens (including phenoxy) is 1. The molecular weight excluding hydrogens is 573 g/mol. The van der Waals surface area contributed by atoms with Gasteiger partial charge in [0.2, 0.25) is 5.28 Å². The Hall–Kier alpha value is -2.59. The molecule has 41 heavy (non-hydrogen) atoms. The number of aromatic nitrogens is 3. The molecule has 2 aromatic carbocycles. The van der Waals surface area contributed by atoms with Crippen molar-refractivity contribution >= 4 is 58.7 Å². The lowest BCUT2D eigenvalue weighted by Gasteiger charge is -2.47. The molecular formula is C31H35Cl2N5O2Si. The third-order valence-electron chi connectivity index (χ3n) is 8.30. The summed E-state index contributed by atoms with van der Waals surface area (Å²) in [5, 5.41) is 4.02. The molecule has 4 heterocycles. The number of piperazine rings is 1. The average molecular weight is 609 g/mol. The van der Waals surface area contributed by atoms with Crippen LogP contribution < -0.4 is 15.3 Å². The maximum Gasteiger partial charge on any atom is 0.261 e. The molecule has 6 rings (SSSR count). The highest BCUT2D eigenvalue weighted by molar-refractivity contribution is 6.99. The van der Waals surface area contributed by atoms with E-state index in [9.17, 15) is 0 Å². The van der Waals surface area contributed by atoms with Gasteiger partial charge >= 0.3 is 0 Å². The topological polar surface area (TPSA) is 63.6 Å². The molecule has 7 nitrogen and oxygen atoms in total. The van der Waals surface area contributed by atoms with Crippen LogP contribution in [0.4, 0.5) is 5.82 Å². The van der Waals surface area contributed by atoms with Crippen molar-refractivity contribution in [3.05, 3.63) is 83.2 Å². The van der Waals surface area contributed by atoms with Crippen LogP contribution in [0.1, 0.15) is 20.8 Å². The smallest absolute Gasteiger partial charge is 0.261 e.